The van der Waals surface area contributed by atoms with Crippen LogP contribution in [0.2, 0.25) is 0 Å². The summed E-state index contributed by atoms with van der Waals surface area (Å²) in [4.78, 5) is 18.9. The third-order valence-electron chi connectivity index (χ3n) is 2.14. The summed E-state index contributed by atoms with van der Waals surface area (Å²) >= 11 is 1.43. The summed E-state index contributed by atoms with van der Waals surface area (Å²) in [5.74, 6) is -1.08. The molecule has 0 aliphatic rings. The molecule has 0 aromatic carbocycles. The van der Waals surface area contributed by atoms with Gasteiger partial charge in [-0.2, -0.15) is 0 Å². The molecule has 0 aliphatic heterocycles. The van der Waals surface area contributed by atoms with Crippen LogP contribution in [0, 0.1) is 0 Å². The smallest absolute Gasteiger partial charge is 0.323 e. The molecule has 6 nitrogen and oxygen atoms in total. The summed E-state index contributed by atoms with van der Waals surface area (Å²) in [5, 5.41) is 21.5. The number of thioether (sulfide) groups is 1. The van der Waals surface area contributed by atoms with Crippen LogP contribution in [0.3, 0.4) is 0 Å². The third kappa shape index (κ3) is 4.29. The highest BCUT2D eigenvalue weighted by Gasteiger charge is 2.21. The number of aliphatic hydroxyl groups excluding tert-OH is 1. The highest BCUT2D eigenvalue weighted by atomic mass is 32.2. The number of aromatic nitrogens is 2. The zero-order chi connectivity index (χ0) is 12.8. The van der Waals surface area contributed by atoms with Crippen LogP contribution in [-0.2, 0) is 11.3 Å². The maximum absolute atomic E-state index is 10.8. The summed E-state index contributed by atoms with van der Waals surface area (Å²) in [6.07, 6.45) is 4.18. The lowest BCUT2D eigenvalue weighted by molar-refractivity contribution is -0.142. The first-order chi connectivity index (χ1) is 8.04. The number of aliphatic hydroxyl groups is 1. The lowest BCUT2D eigenvalue weighted by Crippen LogP contribution is -2.44. The molecule has 2 atom stereocenters. The first-order valence-electron chi connectivity index (χ1n) is 5.03. The number of carboxylic acids is 1. The van der Waals surface area contributed by atoms with E-state index in [0.29, 0.717) is 11.7 Å². The second kappa shape index (κ2) is 6.53. The summed E-state index contributed by atoms with van der Waals surface area (Å²) in [6.45, 7) is 1.73. The van der Waals surface area contributed by atoms with E-state index in [1.807, 2.05) is 6.26 Å². The van der Waals surface area contributed by atoms with Gasteiger partial charge in [-0.15, -0.1) is 0 Å². The molecule has 3 N–H and O–H groups in total. The average Bonchev–Trinajstić information content (AvgIpc) is 2.29. The second-order valence-corrected chi connectivity index (χ2v) is 4.29. The largest absolute Gasteiger partial charge is 0.480 e. The minimum absolute atomic E-state index is 0.302. The fourth-order valence-corrected chi connectivity index (χ4v) is 1.55. The number of nitrogens with zero attached hydrogens (tertiary/aromatic N) is 2. The fraction of sp³-hybridized carbons (Fsp3) is 0.500. The Morgan fingerprint density at radius 1 is 1.53 bits per heavy atom. The van der Waals surface area contributed by atoms with Crippen LogP contribution in [0.15, 0.2) is 17.6 Å². The van der Waals surface area contributed by atoms with Crippen molar-refractivity contribution in [3.05, 3.63) is 18.0 Å². The van der Waals surface area contributed by atoms with Crippen LogP contribution in [-0.4, -0.2) is 44.6 Å². The lowest BCUT2D eigenvalue weighted by atomic mass is 10.2. The van der Waals surface area contributed by atoms with Gasteiger partial charge in [0.25, 0.3) is 0 Å². The molecule has 0 saturated heterocycles. The average molecular weight is 257 g/mol. The molecule has 0 bridgehead atoms. The van der Waals surface area contributed by atoms with Gasteiger partial charge in [0.1, 0.15) is 6.04 Å². The number of hydrogen-bond donors (Lipinski definition) is 3. The van der Waals surface area contributed by atoms with Gasteiger partial charge in [-0.25, -0.2) is 9.97 Å². The van der Waals surface area contributed by atoms with Crippen LogP contribution < -0.4 is 5.32 Å². The van der Waals surface area contributed by atoms with Gasteiger partial charge in [-0.1, -0.05) is 11.8 Å². The number of aliphatic carboxylic acids is 1. The van der Waals surface area contributed by atoms with Gasteiger partial charge >= 0.3 is 5.97 Å². The van der Waals surface area contributed by atoms with Crippen molar-refractivity contribution in [3.63, 3.8) is 0 Å². The lowest BCUT2D eigenvalue weighted by Gasteiger charge is -2.16. The van der Waals surface area contributed by atoms with E-state index in [1.54, 1.807) is 12.4 Å². The monoisotopic (exact) mass is 257 g/mol. The van der Waals surface area contributed by atoms with Crippen LogP contribution >= 0.6 is 11.8 Å². The molecule has 1 aromatic heterocycles. The van der Waals surface area contributed by atoms with Gasteiger partial charge in [0, 0.05) is 24.5 Å². The highest BCUT2D eigenvalue weighted by molar-refractivity contribution is 7.98. The first-order valence-corrected chi connectivity index (χ1v) is 6.26. The molecule has 17 heavy (non-hydrogen) atoms. The third-order valence-corrected chi connectivity index (χ3v) is 2.71. The molecule has 0 unspecified atom stereocenters. The van der Waals surface area contributed by atoms with Crippen molar-refractivity contribution in [3.8, 4) is 0 Å². The van der Waals surface area contributed by atoms with E-state index in [1.165, 1.54) is 18.7 Å². The van der Waals surface area contributed by atoms with E-state index in [-0.39, 0.29) is 0 Å². The van der Waals surface area contributed by atoms with E-state index in [4.69, 9.17) is 5.11 Å². The second-order valence-electron chi connectivity index (χ2n) is 3.52. The Morgan fingerprint density at radius 2 is 2.12 bits per heavy atom. The zero-order valence-electron chi connectivity index (χ0n) is 9.62. The molecular weight excluding hydrogens is 242 g/mol. The first kappa shape index (κ1) is 13.9. The van der Waals surface area contributed by atoms with Gasteiger partial charge < -0.3 is 10.2 Å². The molecule has 0 saturated carbocycles. The quantitative estimate of drug-likeness (QED) is 0.492. The molecular formula is C10H15N3O3S. The van der Waals surface area contributed by atoms with Crippen LogP contribution in [0.5, 0.6) is 0 Å². The van der Waals surface area contributed by atoms with E-state index in [9.17, 15) is 9.90 Å². The number of hydrogen-bond acceptors (Lipinski definition) is 6. The van der Waals surface area contributed by atoms with E-state index >= 15 is 0 Å². The number of rotatable bonds is 6. The van der Waals surface area contributed by atoms with Crippen LogP contribution in [0.1, 0.15) is 12.5 Å². The Labute approximate surface area is 103 Å². The predicted octanol–water partition coefficient (Wildman–Crippen LogP) is 0.122. The number of carbonyl (C=O) groups is 1. The summed E-state index contributed by atoms with van der Waals surface area (Å²) in [7, 11) is 0. The minimum Gasteiger partial charge on any atom is -0.480 e. The van der Waals surface area contributed by atoms with Crippen LogP contribution in [0.4, 0.5) is 0 Å². The van der Waals surface area contributed by atoms with E-state index in [2.05, 4.69) is 15.3 Å². The van der Waals surface area contributed by atoms with Gasteiger partial charge in [0.05, 0.1) is 6.10 Å². The van der Waals surface area contributed by atoms with Crippen molar-refractivity contribution in [1.82, 2.24) is 15.3 Å². The van der Waals surface area contributed by atoms with Crippen molar-refractivity contribution in [2.75, 3.05) is 6.26 Å². The number of nitrogens with one attached hydrogen (secondary N) is 1. The standard InChI is InChI=1S/C10H15N3O3S/c1-6(14)8(9(15)16)11-3-7-4-12-10(17-2)13-5-7/h4-6,8,11,14H,3H2,1-2H3,(H,15,16)/t6-,8+/m1/s1. The topological polar surface area (TPSA) is 95.3 Å². The van der Waals surface area contributed by atoms with Gasteiger partial charge in [-0.3, -0.25) is 10.1 Å². The molecule has 0 radical (unpaired) electrons. The number of carboxylic acid groups (broad SMARTS) is 1. The van der Waals surface area contributed by atoms with Crippen molar-refractivity contribution in [2.24, 2.45) is 0 Å². The normalized spacial score (nSPS) is 14.3. The Kier molecular flexibility index (Phi) is 5.33. The Balaban J connectivity index is 2.56. The Morgan fingerprint density at radius 3 is 2.53 bits per heavy atom. The molecule has 0 amide bonds. The molecule has 1 rings (SSSR count). The predicted molar refractivity (Wildman–Crippen MR) is 63.8 cm³/mol. The molecule has 94 valence electrons. The molecule has 0 aliphatic carbocycles. The molecule has 7 heteroatoms. The SMILES string of the molecule is CSc1ncc(CN[C@H](C(=O)O)[C@@H](C)O)cn1. The van der Waals surface area contributed by atoms with Gasteiger partial charge in [-0.05, 0) is 13.2 Å². The fourth-order valence-electron chi connectivity index (χ4n) is 1.23. The van der Waals surface area contributed by atoms with Crippen molar-refractivity contribution < 1.29 is 15.0 Å². The zero-order valence-corrected chi connectivity index (χ0v) is 10.4. The minimum atomic E-state index is -1.08. The van der Waals surface area contributed by atoms with Crippen molar-refractivity contribution >= 4 is 17.7 Å². The molecule has 0 fully saturated rings. The van der Waals surface area contributed by atoms with Gasteiger partial charge in [0.2, 0.25) is 0 Å². The maximum Gasteiger partial charge on any atom is 0.323 e. The summed E-state index contributed by atoms with van der Waals surface area (Å²) < 4.78 is 0. The summed E-state index contributed by atoms with van der Waals surface area (Å²) in [5.41, 5.74) is 0.773. The van der Waals surface area contributed by atoms with Gasteiger partial charge in [0.15, 0.2) is 5.16 Å². The summed E-state index contributed by atoms with van der Waals surface area (Å²) in [6, 6.07) is -0.991. The molecule has 0 spiro atoms. The maximum atomic E-state index is 10.8. The van der Waals surface area contributed by atoms with E-state index in [0.717, 1.165) is 5.56 Å². The van der Waals surface area contributed by atoms with E-state index < -0.39 is 18.1 Å². The Bertz CT molecular complexity index is 370. The van der Waals surface area contributed by atoms with Crippen molar-refractivity contribution in [2.45, 2.75) is 30.8 Å². The van der Waals surface area contributed by atoms with Crippen LogP contribution in [0.25, 0.3) is 0 Å². The molecule has 1 heterocycles. The van der Waals surface area contributed by atoms with Crippen molar-refractivity contribution in [1.29, 1.82) is 0 Å². The highest BCUT2D eigenvalue weighted by Crippen LogP contribution is 2.07. The Hall–Kier alpha value is -1.18. The molecule has 1 aromatic rings.